The van der Waals surface area contributed by atoms with Gasteiger partial charge < -0.3 is 4.90 Å². The van der Waals surface area contributed by atoms with Crippen LogP contribution in [0.2, 0.25) is 0 Å². The van der Waals surface area contributed by atoms with E-state index in [-0.39, 0.29) is 0 Å². The lowest BCUT2D eigenvalue weighted by Crippen LogP contribution is -2.29. The van der Waals surface area contributed by atoms with Gasteiger partial charge in [0.2, 0.25) is 0 Å². The smallest absolute Gasteiger partial charge is 0.0720 e. The lowest BCUT2D eigenvalue weighted by atomic mass is 9.66. The molecule has 0 atom stereocenters. The second kappa shape index (κ2) is 17.5. The molecule has 0 radical (unpaired) electrons. The van der Waals surface area contributed by atoms with E-state index in [0.29, 0.717) is 0 Å². The highest BCUT2D eigenvalue weighted by Crippen LogP contribution is 2.60. The Morgan fingerprint density at radius 3 is 0.971 bits per heavy atom. The van der Waals surface area contributed by atoms with Crippen molar-refractivity contribution in [2.75, 3.05) is 4.90 Å². The Labute approximate surface area is 399 Å². The quantitative estimate of drug-likeness (QED) is 0.132. The molecule has 1 nitrogen and oxygen atoms in total. The Morgan fingerprint density at radius 1 is 0.221 bits per heavy atom. The van der Waals surface area contributed by atoms with Gasteiger partial charge in [-0.1, -0.05) is 237 Å². The Balaban J connectivity index is 1.12. The molecule has 0 aromatic heterocycles. The minimum absolute atomic E-state index is 0.675. The van der Waals surface area contributed by atoms with Crippen LogP contribution < -0.4 is 4.90 Å². The third kappa shape index (κ3) is 7.22. The fraction of sp³-hybridized carbons (Fsp3) is 0.0149. The fourth-order valence-electron chi connectivity index (χ4n) is 10.6. The summed E-state index contributed by atoms with van der Waals surface area (Å²) in [6.07, 6.45) is 0. The number of benzene rings is 11. The molecule has 320 valence electrons. The van der Waals surface area contributed by atoms with Crippen LogP contribution >= 0.6 is 0 Å². The van der Waals surface area contributed by atoms with Crippen molar-refractivity contribution in [1.82, 2.24) is 0 Å². The summed E-state index contributed by atoms with van der Waals surface area (Å²) in [4.78, 5) is 2.42. The van der Waals surface area contributed by atoms with E-state index in [0.717, 1.165) is 17.1 Å². The molecule has 0 amide bonds. The maximum absolute atomic E-state index is 2.48. The molecule has 11 aromatic carbocycles. The van der Waals surface area contributed by atoms with Gasteiger partial charge >= 0.3 is 0 Å². The topological polar surface area (TPSA) is 3.24 Å². The lowest BCUT2D eigenvalue weighted by Gasteiger charge is -2.36. The second-order valence-corrected chi connectivity index (χ2v) is 17.6. The first-order valence-electron chi connectivity index (χ1n) is 23.5. The van der Waals surface area contributed by atoms with Crippen LogP contribution in [0.5, 0.6) is 0 Å². The van der Waals surface area contributed by atoms with Crippen molar-refractivity contribution in [3.63, 3.8) is 0 Å². The number of anilines is 3. The van der Waals surface area contributed by atoms with E-state index in [1.165, 1.54) is 89.0 Å². The van der Waals surface area contributed by atoms with E-state index in [4.69, 9.17) is 0 Å². The second-order valence-electron chi connectivity index (χ2n) is 17.6. The molecule has 0 N–H and O–H groups in total. The third-order valence-electron chi connectivity index (χ3n) is 13.8. The molecule has 1 aliphatic rings. The van der Waals surface area contributed by atoms with Crippen LogP contribution in [0.1, 0.15) is 22.3 Å². The molecule has 11 aromatic rings. The molecule has 0 aliphatic heterocycles. The molecule has 0 spiro atoms. The van der Waals surface area contributed by atoms with Crippen LogP contribution in [0.3, 0.4) is 0 Å². The van der Waals surface area contributed by atoms with E-state index in [2.05, 4.69) is 290 Å². The van der Waals surface area contributed by atoms with Crippen molar-refractivity contribution in [2.45, 2.75) is 5.41 Å². The molecular weight excluding hydrogens is 819 g/mol. The predicted octanol–water partition coefficient (Wildman–Crippen LogP) is 17.9. The highest BCUT2D eigenvalue weighted by Gasteiger charge is 2.48. The van der Waals surface area contributed by atoms with Gasteiger partial charge in [-0.15, -0.1) is 0 Å². The van der Waals surface area contributed by atoms with Crippen molar-refractivity contribution in [3.05, 3.63) is 307 Å². The average molecular weight is 866 g/mol. The van der Waals surface area contributed by atoms with Crippen molar-refractivity contribution in [1.29, 1.82) is 0 Å². The SMILES string of the molecule is c1ccc(-c2ccc(-c3cc(-c4ccccc4)cc4c3C(c3ccccc3)(c3ccccc3)c3cc(N(c5ccc(-c6ccccc6)cc5)c5ccc(-c6ccccc6)cc5)ccc3-4)cc2)cc1. The zero-order valence-corrected chi connectivity index (χ0v) is 37.6. The maximum atomic E-state index is 2.48. The standard InChI is InChI=1S/C67H47N/c1-7-19-48(20-8-1)52-31-33-55(34-32-52)63-45-56(51-25-13-4-14-26-51)46-64-62-44-43-61(47-65(62)67(66(63)64,57-27-15-5-16-28-57)58-29-17-6-18-30-58)68(59-39-35-53(36-40-59)49-21-9-2-10-22-49)60-41-37-54(38-42-60)50-23-11-3-12-24-50/h1-47H. The molecule has 68 heavy (non-hydrogen) atoms. The molecule has 1 aliphatic carbocycles. The number of hydrogen-bond donors (Lipinski definition) is 0. The van der Waals surface area contributed by atoms with Gasteiger partial charge in [-0.05, 0) is 138 Å². The first-order chi connectivity index (χ1) is 33.7. The Kier molecular flexibility index (Phi) is 10.5. The molecule has 0 saturated carbocycles. The highest BCUT2D eigenvalue weighted by atomic mass is 15.1. The van der Waals surface area contributed by atoms with Gasteiger partial charge in [0.05, 0.1) is 5.41 Å². The van der Waals surface area contributed by atoms with E-state index >= 15 is 0 Å². The molecule has 12 rings (SSSR count). The van der Waals surface area contributed by atoms with Crippen molar-refractivity contribution >= 4 is 17.1 Å². The van der Waals surface area contributed by atoms with Gasteiger partial charge in [0.15, 0.2) is 0 Å². The summed E-state index contributed by atoms with van der Waals surface area (Å²) in [5, 5.41) is 0. The zero-order chi connectivity index (χ0) is 45.3. The van der Waals surface area contributed by atoms with Crippen LogP contribution in [0.25, 0.3) is 66.8 Å². The molecule has 0 unspecified atom stereocenters. The zero-order valence-electron chi connectivity index (χ0n) is 37.6. The highest BCUT2D eigenvalue weighted by molar-refractivity contribution is 5.97. The van der Waals surface area contributed by atoms with Crippen LogP contribution in [0.4, 0.5) is 17.1 Å². The molecule has 0 bridgehead atoms. The first kappa shape index (κ1) is 40.7. The predicted molar refractivity (Wildman–Crippen MR) is 286 cm³/mol. The van der Waals surface area contributed by atoms with Crippen LogP contribution in [-0.4, -0.2) is 0 Å². The number of nitrogens with zero attached hydrogens (tertiary/aromatic N) is 1. The van der Waals surface area contributed by atoms with Gasteiger partial charge in [-0.3, -0.25) is 0 Å². The fourth-order valence-corrected chi connectivity index (χ4v) is 10.6. The average Bonchev–Trinajstić information content (AvgIpc) is 3.73. The van der Waals surface area contributed by atoms with Gasteiger partial charge in [0.25, 0.3) is 0 Å². The largest absolute Gasteiger partial charge is 0.310 e. The summed E-state index contributed by atoms with van der Waals surface area (Å²) in [7, 11) is 0. The Morgan fingerprint density at radius 2 is 0.544 bits per heavy atom. The summed E-state index contributed by atoms with van der Waals surface area (Å²) >= 11 is 0. The summed E-state index contributed by atoms with van der Waals surface area (Å²) in [5.74, 6) is 0. The normalized spacial score (nSPS) is 12.2. The van der Waals surface area contributed by atoms with E-state index in [9.17, 15) is 0 Å². The van der Waals surface area contributed by atoms with Gasteiger partial charge in [-0.2, -0.15) is 0 Å². The summed E-state index contributed by atoms with van der Waals surface area (Å²) in [6, 6.07) is 104. The number of fused-ring (bicyclic) bond motifs is 3. The minimum Gasteiger partial charge on any atom is -0.310 e. The molecule has 0 fully saturated rings. The summed E-state index contributed by atoms with van der Waals surface area (Å²) in [6.45, 7) is 0. The lowest BCUT2D eigenvalue weighted by molar-refractivity contribution is 0.770. The maximum Gasteiger partial charge on any atom is 0.0720 e. The van der Waals surface area contributed by atoms with Crippen LogP contribution in [-0.2, 0) is 5.41 Å². The molecule has 0 heterocycles. The Bertz CT molecular complexity index is 3360. The van der Waals surface area contributed by atoms with Crippen molar-refractivity contribution in [2.24, 2.45) is 0 Å². The first-order valence-corrected chi connectivity index (χ1v) is 23.5. The summed E-state index contributed by atoms with van der Waals surface area (Å²) in [5.41, 5.74) is 22.0. The van der Waals surface area contributed by atoms with Crippen molar-refractivity contribution in [3.8, 4) is 66.8 Å². The number of rotatable bonds is 10. The number of hydrogen-bond acceptors (Lipinski definition) is 1. The van der Waals surface area contributed by atoms with Crippen LogP contribution in [0.15, 0.2) is 285 Å². The molecule has 0 saturated heterocycles. The van der Waals surface area contributed by atoms with Crippen molar-refractivity contribution < 1.29 is 0 Å². The molecular formula is C67H47N. The van der Waals surface area contributed by atoms with Gasteiger partial charge in [0, 0.05) is 17.1 Å². The summed E-state index contributed by atoms with van der Waals surface area (Å²) < 4.78 is 0. The molecule has 1 heteroatoms. The monoisotopic (exact) mass is 865 g/mol. The van der Waals surface area contributed by atoms with E-state index in [1.54, 1.807) is 0 Å². The van der Waals surface area contributed by atoms with E-state index < -0.39 is 5.41 Å². The van der Waals surface area contributed by atoms with E-state index in [1.807, 2.05) is 0 Å². The Hall–Kier alpha value is -8.78. The minimum atomic E-state index is -0.675. The van der Waals surface area contributed by atoms with Crippen LogP contribution in [0, 0.1) is 0 Å². The van der Waals surface area contributed by atoms with Gasteiger partial charge in [0.1, 0.15) is 0 Å². The van der Waals surface area contributed by atoms with Gasteiger partial charge in [-0.25, -0.2) is 0 Å². The third-order valence-corrected chi connectivity index (χ3v) is 13.8.